The third-order valence-electron chi connectivity index (χ3n) is 3.65. The molecule has 0 saturated heterocycles. The Kier molecular flexibility index (Phi) is 5.89. The molecule has 1 N–H and O–H groups in total. The topological polar surface area (TPSA) is 109 Å². The number of non-ortho nitro benzene ring substituents is 1. The Morgan fingerprint density at radius 3 is 2.68 bits per heavy atom. The van der Waals surface area contributed by atoms with Crippen molar-refractivity contribution in [2.24, 2.45) is 0 Å². The average molecular weight is 391 g/mol. The number of nitrogens with one attached hydrogen (secondary N) is 1. The zero-order valence-electron chi connectivity index (χ0n) is 14.4. The summed E-state index contributed by atoms with van der Waals surface area (Å²) in [5.74, 6) is 0.570. The van der Waals surface area contributed by atoms with Gasteiger partial charge in [-0.3, -0.25) is 14.9 Å². The molecule has 0 spiro atoms. The van der Waals surface area contributed by atoms with Crippen LogP contribution in [0.1, 0.15) is 5.76 Å². The molecule has 0 fully saturated rings. The first-order valence-corrected chi connectivity index (χ1v) is 8.86. The van der Waals surface area contributed by atoms with E-state index >= 15 is 0 Å². The molecule has 0 atom stereocenters. The number of thiocyanates is 1. The first kappa shape index (κ1) is 18.9. The number of nitro groups is 1. The highest BCUT2D eigenvalue weighted by atomic mass is 32.2. The lowest BCUT2D eigenvalue weighted by atomic mass is 10.1. The maximum Gasteiger partial charge on any atom is 0.270 e. The van der Waals surface area contributed by atoms with E-state index in [2.05, 4.69) is 5.32 Å². The van der Waals surface area contributed by atoms with Crippen molar-refractivity contribution in [2.75, 3.05) is 5.32 Å². The number of hydrogen-bond acceptors (Lipinski definition) is 6. The van der Waals surface area contributed by atoms with Crippen LogP contribution < -0.4 is 5.32 Å². The van der Waals surface area contributed by atoms with Crippen molar-refractivity contribution in [1.29, 1.82) is 5.26 Å². The molecule has 0 radical (unpaired) electrons. The number of hydrogen-bond donors (Lipinski definition) is 1. The molecule has 0 aliphatic carbocycles. The smallest absolute Gasteiger partial charge is 0.270 e. The molecule has 3 rings (SSSR count). The summed E-state index contributed by atoms with van der Waals surface area (Å²) < 4.78 is 5.62. The van der Waals surface area contributed by atoms with E-state index in [1.807, 2.05) is 5.40 Å². The number of furan rings is 1. The largest absolute Gasteiger partial charge is 0.457 e. The van der Waals surface area contributed by atoms with E-state index in [1.54, 1.807) is 48.5 Å². The second-order valence-corrected chi connectivity index (χ2v) is 6.41. The highest BCUT2D eigenvalue weighted by Gasteiger charge is 2.09. The molecule has 0 unspecified atom stereocenters. The van der Waals surface area contributed by atoms with Crippen molar-refractivity contribution in [3.8, 4) is 16.7 Å². The lowest BCUT2D eigenvalue weighted by Gasteiger charge is -2.02. The van der Waals surface area contributed by atoms with E-state index in [1.165, 1.54) is 24.3 Å². The fraction of sp³-hybridized carbons (Fsp3) is 0. The summed E-state index contributed by atoms with van der Waals surface area (Å²) in [6.07, 6.45) is 2.84. The van der Waals surface area contributed by atoms with Crippen molar-refractivity contribution in [3.63, 3.8) is 0 Å². The van der Waals surface area contributed by atoms with Gasteiger partial charge in [0.05, 0.1) is 4.92 Å². The molecule has 0 aliphatic heterocycles. The van der Waals surface area contributed by atoms with Crippen LogP contribution in [0.2, 0.25) is 0 Å². The summed E-state index contributed by atoms with van der Waals surface area (Å²) in [5, 5.41) is 24.2. The number of amides is 1. The number of thioether (sulfide) groups is 1. The maximum atomic E-state index is 12.0. The van der Waals surface area contributed by atoms with Gasteiger partial charge < -0.3 is 9.73 Å². The van der Waals surface area contributed by atoms with Gasteiger partial charge >= 0.3 is 0 Å². The molecule has 0 bridgehead atoms. The predicted octanol–water partition coefficient (Wildman–Crippen LogP) is 5.08. The molecule has 1 aromatic heterocycles. The van der Waals surface area contributed by atoms with E-state index in [9.17, 15) is 14.9 Å². The second-order valence-electron chi connectivity index (χ2n) is 5.55. The standard InChI is InChI=1S/C20H13N3O4S/c21-13-28-18-8-4-15(5-9-18)22-20(24)11-7-17-6-10-19(27-17)14-2-1-3-16(12-14)23(25)26/h1-12H,(H,22,24)/b11-7+. The van der Waals surface area contributed by atoms with Gasteiger partial charge in [-0.05, 0) is 54.2 Å². The molecule has 1 amide bonds. The van der Waals surface area contributed by atoms with Crippen molar-refractivity contribution >= 4 is 35.1 Å². The molecule has 0 aliphatic rings. The van der Waals surface area contributed by atoms with Gasteiger partial charge in [-0.15, -0.1) is 0 Å². The number of rotatable bonds is 6. The molecule has 138 valence electrons. The highest BCUT2D eigenvalue weighted by molar-refractivity contribution is 8.03. The van der Waals surface area contributed by atoms with Gasteiger partial charge in [0, 0.05) is 34.4 Å². The number of nitro benzene ring substituents is 1. The summed E-state index contributed by atoms with van der Waals surface area (Å²) in [7, 11) is 0. The van der Waals surface area contributed by atoms with Crippen LogP contribution in [0.4, 0.5) is 11.4 Å². The molecule has 0 saturated carbocycles. The minimum atomic E-state index is -0.469. The van der Waals surface area contributed by atoms with Gasteiger partial charge in [0.15, 0.2) is 0 Å². The van der Waals surface area contributed by atoms with Crippen molar-refractivity contribution < 1.29 is 14.1 Å². The number of anilines is 1. The number of nitrogens with zero attached hydrogens (tertiary/aromatic N) is 2. The lowest BCUT2D eigenvalue weighted by molar-refractivity contribution is -0.384. The van der Waals surface area contributed by atoms with Crippen molar-refractivity contribution in [2.45, 2.75) is 4.90 Å². The van der Waals surface area contributed by atoms with E-state index in [0.717, 1.165) is 16.7 Å². The first-order valence-electron chi connectivity index (χ1n) is 8.05. The Labute approximate surface area is 164 Å². The normalized spacial score (nSPS) is 10.5. The molecule has 3 aromatic rings. The highest BCUT2D eigenvalue weighted by Crippen LogP contribution is 2.26. The summed E-state index contributed by atoms with van der Waals surface area (Å²) in [6.45, 7) is 0. The molecular weight excluding hydrogens is 378 g/mol. The molecule has 2 aromatic carbocycles. The van der Waals surface area contributed by atoms with Crippen LogP contribution in [0, 0.1) is 20.8 Å². The van der Waals surface area contributed by atoms with Crippen LogP contribution in [0.25, 0.3) is 17.4 Å². The minimum Gasteiger partial charge on any atom is -0.457 e. The summed E-state index contributed by atoms with van der Waals surface area (Å²) in [6, 6.07) is 16.4. The monoisotopic (exact) mass is 391 g/mol. The fourth-order valence-corrected chi connectivity index (χ4v) is 2.75. The van der Waals surface area contributed by atoms with Gasteiger partial charge in [0.1, 0.15) is 16.9 Å². The third kappa shape index (κ3) is 4.87. The van der Waals surface area contributed by atoms with Gasteiger partial charge in [-0.2, -0.15) is 5.26 Å². The van der Waals surface area contributed by atoms with Crippen LogP contribution in [0.15, 0.2) is 76.1 Å². The van der Waals surface area contributed by atoms with E-state index in [4.69, 9.17) is 9.68 Å². The van der Waals surface area contributed by atoms with E-state index < -0.39 is 4.92 Å². The minimum absolute atomic E-state index is 0.0236. The Morgan fingerprint density at radius 1 is 1.18 bits per heavy atom. The SMILES string of the molecule is N#CSc1ccc(NC(=O)/C=C/c2ccc(-c3cccc([N+](=O)[O-])c3)o2)cc1. The maximum absolute atomic E-state index is 12.0. The van der Waals surface area contributed by atoms with Crippen LogP contribution in [-0.2, 0) is 4.79 Å². The lowest BCUT2D eigenvalue weighted by Crippen LogP contribution is -2.07. The van der Waals surface area contributed by atoms with Crippen LogP contribution in [-0.4, -0.2) is 10.8 Å². The molecule has 28 heavy (non-hydrogen) atoms. The Morgan fingerprint density at radius 2 is 1.96 bits per heavy atom. The van der Waals surface area contributed by atoms with E-state index in [-0.39, 0.29) is 11.6 Å². The molecule has 7 nitrogen and oxygen atoms in total. The van der Waals surface area contributed by atoms with Gasteiger partial charge in [-0.1, -0.05) is 12.1 Å². The van der Waals surface area contributed by atoms with Crippen LogP contribution in [0.3, 0.4) is 0 Å². The Bertz CT molecular complexity index is 1080. The fourth-order valence-electron chi connectivity index (χ4n) is 2.37. The number of benzene rings is 2. The number of carbonyl (C=O) groups is 1. The Hall–Kier alpha value is -3.83. The summed E-state index contributed by atoms with van der Waals surface area (Å²) in [5.41, 5.74) is 1.16. The molecular formula is C20H13N3O4S. The second kappa shape index (κ2) is 8.70. The number of carbonyl (C=O) groups excluding carboxylic acids is 1. The van der Waals surface area contributed by atoms with Gasteiger partial charge in [0.25, 0.3) is 5.69 Å². The molecule has 1 heterocycles. The van der Waals surface area contributed by atoms with Crippen molar-refractivity contribution in [3.05, 3.63) is 82.6 Å². The van der Waals surface area contributed by atoms with Gasteiger partial charge in [-0.25, -0.2) is 0 Å². The predicted molar refractivity (Wildman–Crippen MR) is 106 cm³/mol. The van der Waals surface area contributed by atoms with Crippen LogP contribution in [0.5, 0.6) is 0 Å². The van der Waals surface area contributed by atoms with Crippen LogP contribution >= 0.6 is 11.8 Å². The average Bonchev–Trinajstić information content (AvgIpc) is 3.17. The Balaban J connectivity index is 1.65. The third-order valence-corrected chi connectivity index (χ3v) is 4.25. The van der Waals surface area contributed by atoms with Crippen molar-refractivity contribution in [1.82, 2.24) is 0 Å². The summed E-state index contributed by atoms with van der Waals surface area (Å²) >= 11 is 1.04. The van der Waals surface area contributed by atoms with E-state index in [0.29, 0.717) is 22.8 Å². The van der Waals surface area contributed by atoms with Gasteiger partial charge in [0.2, 0.25) is 5.91 Å². The molecule has 8 heteroatoms. The summed E-state index contributed by atoms with van der Waals surface area (Å²) in [4.78, 5) is 23.2. The quantitative estimate of drug-likeness (QED) is 0.206. The number of nitriles is 1. The zero-order valence-corrected chi connectivity index (χ0v) is 15.2. The first-order chi connectivity index (χ1) is 13.5. The zero-order chi connectivity index (χ0) is 19.9.